The van der Waals surface area contributed by atoms with Gasteiger partial charge in [-0.1, -0.05) is 35.6 Å². The van der Waals surface area contributed by atoms with E-state index in [2.05, 4.69) is 24.0 Å². The molecule has 3 fully saturated rings. The third-order valence-electron chi connectivity index (χ3n) is 7.63. The molecule has 2 saturated carbocycles. The van der Waals surface area contributed by atoms with Gasteiger partial charge in [0.2, 0.25) is 11.8 Å². The van der Waals surface area contributed by atoms with Gasteiger partial charge < -0.3 is 10.1 Å². The zero-order valence-corrected chi connectivity index (χ0v) is 18.2. The average Bonchev–Trinajstić information content (AvgIpc) is 3.44. The lowest BCUT2D eigenvalue weighted by molar-refractivity contribution is -0.149. The number of nitrogens with one attached hydrogen (secondary N) is 1. The number of carbonyl (C=O) groups excluding carboxylic acids is 2. The van der Waals surface area contributed by atoms with E-state index in [4.69, 9.17) is 0 Å². The fourth-order valence-corrected chi connectivity index (χ4v) is 9.53. The van der Waals surface area contributed by atoms with Crippen molar-refractivity contribution in [3.63, 3.8) is 0 Å². The first kappa shape index (κ1) is 19.3. The standard InChI is InChI=1S/C22H20N2O5S2/c1-8-4-2-3-5-9(8)13-14-10-6-11(17(14)30-19-18(13)31-22(29)23-19)16-15(10)20(27)24(21(16)28)7-12(25)26/h2-5,10-11,13-17H,6-7H2,1H3,(H,23,29)(H,25,26)/t10-,11-,13-,14+,15-,16-,17+/m1/s1. The summed E-state index contributed by atoms with van der Waals surface area (Å²) in [6, 6.07) is 8.16. The first-order chi connectivity index (χ1) is 14.9. The van der Waals surface area contributed by atoms with Gasteiger partial charge in [-0.2, -0.15) is 0 Å². The second-order valence-electron chi connectivity index (χ2n) is 8.97. The Morgan fingerprint density at radius 3 is 2.58 bits per heavy atom. The van der Waals surface area contributed by atoms with Crippen LogP contribution >= 0.6 is 23.1 Å². The molecule has 7 nitrogen and oxygen atoms in total. The van der Waals surface area contributed by atoms with Crippen LogP contribution < -0.4 is 4.87 Å². The SMILES string of the molecule is Cc1ccccc1[C@H]1c2sc(=O)[nH]c2S[C@H]2[C@@H]3C[C@@H]([C@H]4C(=O)N(CC(=O)O)C(=O)[C@H]34)[C@@H]12. The summed E-state index contributed by atoms with van der Waals surface area (Å²) >= 11 is 2.88. The summed E-state index contributed by atoms with van der Waals surface area (Å²) in [4.78, 5) is 54.5. The number of carbonyl (C=O) groups is 3. The van der Waals surface area contributed by atoms with E-state index in [1.54, 1.807) is 11.8 Å². The highest BCUT2D eigenvalue weighted by Crippen LogP contribution is 2.68. The van der Waals surface area contributed by atoms with E-state index in [0.29, 0.717) is 0 Å². The molecular formula is C22H20N2O5S2. The maximum Gasteiger partial charge on any atom is 0.323 e. The van der Waals surface area contributed by atoms with E-state index in [1.807, 2.05) is 12.1 Å². The van der Waals surface area contributed by atoms with Gasteiger partial charge in [0.05, 0.1) is 16.9 Å². The molecule has 6 rings (SSSR count). The number of aryl methyl sites for hydroxylation is 1. The van der Waals surface area contributed by atoms with Gasteiger partial charge in [0.15, 0.2) is 0 Å². The van der Waals surface area contributed by atoms with Gasteiger partial charge in [-0.3, -0.25) is 24.1 Å². The zero-order valence-electron chi connectivity index (χ0n) is 16.6. The molecule has 31 heavy (non-hydrogen) atoms. The van der Waals surface area contributed by atoms with Crippen molar-refractivity contribution >= 4 is 40.9 Å². The van der Waals surface area contributed by atoms with Crippen LogP contribution in [0.1, 0.15) is 28.3 Å². The van der Waals surface area contributed by atoms with Gasteiger partial charge in [0.1, 0.15) is 6.54 Å². The molecule has 2 bridgehead atoms. The van der Waals surface area contributed by atoms with Crippen LogP contribution in [-0.4, -0.2) is 44.6 Å². The van der Waals surface area contributed by atoms with Gasteiger partial charge in [-0.25, -0.2) is 0 Å². The number of amides is 2. The van der Waals surface area contributed by atoms with Crippen molar-refractivity contribution in [3.8, 4) is 0 Å². The number of nitrogens with zero attached hydrogens (tertiary/aromatic N) is 1. The summed E-state index contributed by atoms with van der Waals surface area (Å²) in [6.07, 6.45) is 0.803. The molecule has 2 aliphatic heterocycles. The van der Waals surface area contributed by atoms with E-state index in [-0.39, 0.29) is 45.6 Å². The maximum absolute atomic E-state index is 13.1. The Morgan fingerprint density at radius 1 is 1.16 bits per heavy atom. The smallest absolute Gasteiger partial charge is 0.323 e. The summed E-state index contributed by atoms with van der Waals surface area (Å²) in [6.45, 7) is 1.50. The van der Waals surface area contributed by atoms with Crippen LogP contribution in [-0.2, 0) is 14.4 Å². The van der Waals surface area contributed by atoms with E-state index in [9.17, 15) is 24.3 Å². The number of hydrogen-bond donors (Lipinski definition) is 2. The number of hydrogen-bond acceptors (Lipinski definition) is 6. The van der Waals surface area contributed by atoms with Gasteiger partial charge in [-0.05, 0) is 42.2 Å². The molecular weight excluding hydrogens is 436 g/mol. The molecule has 1 aromatic heterocycles. The number of benzene rings is 1. The Hall–Kier alpha value is -2.39. The number of likely N-dealkylation sites (tertiary alicyclic amines) is 1. The normalized spacial score (nSPS) is 35.3. The summed E-state index contributed by atoms with van der Waals surface area (Å²) in [5.74, 6) is -2.54. The van der Waals surface area contributed by atoms with Crippen LogP contribution in [0.4, 0.5) is 0 Å². The van der Waals surface area contributed by atoms with Crippen molar-refractivity contribution < 1.29 is 19.5 Å². The Labute approximate surface area is 185 Å². The predicted octanol–water partition coefficient (Wildman–Crippen LogP) is 2.30. The number of H-pyrrole nitrogens is 1. The summed E-state index contributed by atoms with van der Waals surface area (Å²) < 4.78 is 0. The summed E-state index contributed by atoms with van der Waals surface area (Å²) in [5, 5.41) is 10.2. The number of fused-ring (bicyclic) bond motifs is 9. The second kappa shape index (κ2) is 6.56. The topological polar surface area (TPSA) is 108 Å². The number of thiazole rings is 1. The highest BCUT2D eigenvalue weighted by atomic mass is 32.2. The Morgan fingerprint density at radius 2 is 1.87 bits per heavy atom. The monoisotopic (exact) mass is 456 g/mol. The number of thioether (sulfide) groups is 1. The lowest BCUT2D eigenvalue weighted by Crippen LogP contribution is -2.42. The highest BCUT2D eigenvalue weighted by Gasteiger charge is 2.69. The number of aromatic amines is 1. The highest BCUT2D eigenvalue weighted by molar-refractivity contribution is 8.00. The minimum absolute atomic E-state index is 0.00113. The largest absolute Gasteiger partial charge is 0.480 e. The molecule has 7 atom stereocenters. The van der Waals surface area contributed by atoms with Gasteiger partial charge in [0.25, 0.3) is 0 Å². The van der Waals surface area contributed by atoms with E-state index < -0.39 is 24.3 Å². The third-order valence-corrected chi connectivity index (χ3v) is 10.2. The van der Waals surface area contributed by atoms with Gasteiger partial charge in [0, 0.05) is 16.0 Å². The Kier molecular flexibility index (Phi) is 4.08. The molecule has 0 spiro atoms. The molecule has 2 amide bonds. The van der Waals surface area contributed by atoms with E-state index >= 15 is 0 Å². The number of imide groups is 1. The number of aliphatic carboxylic acids is 1. The first-order valence-electron chi connectivity index (χ1n) is 10.4. The van der Waals surface area contributed by atoms with Crippen LogP contribution in [0, 0.1) is 36.5 Å². The van der Waals surface area contributed by atoms with E-state index in [0.717, 1.165) is 32.4 Å². The molecule has 2 N–H and O–H groups in total. The molecule has 160 valence electrons. The fraction of sp³-hybridized carbons (Fsp3) is 0.455. The molecule has 9 heteroatoms. The van der Waals surface area contributed by atoms with Crippen molar-refractivity contribution in [2.45, 2.75) is 29.5 Å². The van der Waals surface area contributed by atoms with Crippen molar-refractivity contribution in [1.82, 2.24) is 9.88 Å². The number of rotatable bonds is 3. The molecule has 0 unspecified atom stereocenters. The van der Waals surface area contributed by atoms with Crippen LogP contribution in [0.25, 0.3) is 0 Å². The molecule has 2 aromatic rings. The zero-order chi connectivity index (χ0) is 21.6. The Balaban J connectivity index is 1.47. The number of carboxylic acid groups (broad SMARTS) is 1. The van der Waals surface area contributed by atoms with Crippen LogP contribution in [0.2, 0.25) is 0 Å². The van der Waals surface area contributed by atoms with Gasteiger partial charge >= 0.3 is 10.8 Å². The summed E-state index contributed by atoms with van der Waals surface area (Å²) in [7, 11) is 0. The second-order valence-corrected chi connectivity index (χ2v) is 11.2. The Bertz CT molecular complexity index is 1200. The predicted molar refractivity (Wildman–Crippen MR) is 114 cm³/mol. The molecule has 3 heterocycles. The quantitative estimate of drug-likeness (QED) is 0.687. The van der Waals surface area contributed by atoms with Crippen molar-refractivity contribution in [1.29, 1.82) is 0 Å². The minimum atomic E-state index is -1.17. The molecule has 1 aromatic carbocycles. The van der Waals surface area contributed by atoms with E-state index in [1.165, 1.54) is 11.3 Å². The summed E-state index contributed by atoms with van der Waals surface area (Å²) in [5.41, 5.74) is 2.31. The fourth-order valence-electron chi connectivity index (χ4n) is 6.65. The number of carboxylic acids is 1. The first-order valence-corrected chi connectivity index (χ1v) is 12.1. The van der Waals surface area contributed by atoms with Crippen molar-refractivity contribution in [2.75, 3.05) is 6.54 Å². The average molecular weight is 457 g/mol. The van der Waals surface area contributed by atoms with Gasteiger partial charge in [-0.15, -0.1) is 11.8 Å². The molecule has 0 radical (unpaired) electrons. The van der Waals surface area contributed by atoms with Crippen molar-refractivity contribution in [2.24, 2.45) is 29.6 Å². The van der Waals surface area contributed by atoms with Crippen LogP contribution in [0.15, 0.2) is 34.1 Å². The molecule has 1 saturated heterocycles. The van der Waals surface area contributed by atoms with Crippen LogP contribution in [0.5, 0.6) is 0 Å². The third kappa shape index (κ3) is 2.53. The van der Waals surface area contributed by atoms with Crippen LogP contribution in [0.3, 0.4) is 0 Å². The molecule has 4 aliphatic rings. The van der Waals surface area contributed by atoms with Crippen molar-refractivity contribution in [3.05, 3.63) is 49.9 Å². The molecule has 2 aliphatic carbocycles. The maximum atomic E-state index is 13.1. The number of aromatic nitrogens is 1. The minimum Gasteiger partial charge on any atom is -0.480 e. The lowest BCUT2D eigenvalue weighted by atomic mass is 9.67. The lowest BCUT2D eigenvalue weighted by Gasteiger charge is -2.43.